The van der Waals surface area contributed by atoms with Gasteiger partial charge in [0.2, 0.25) is 5.91 Å². The standard InChI is InChI=1S/C19H27N5O/c1-15-5-2-3-7-17(15)22-18(25)14-23-9-11-24(12-10-23)19-16(13-20)6-4-8-21-19/h4,6,8,15,17H,2-3,5,7,9-12,14H2,1H3,(H,22,25). The first-order valence-corrected chi connectivity index (χ1v) is 9.29. The maximum Gasteiger partial charge on any atom is 0.234 e. The molecule has 2 unspecified atom stereocenters. The molecule has 1 saturated heterocycles. The third-order valence-corrected chi connectivity index (χ3v) is 5.40. The first-order chi connectivity index (χ1) is 12.2. The van der Waals surface area contributed by atoms with Crippen molar-refractivity contribution < 1.29 is 4.79 Å². The highest BCUT2D eigenvalue weighted by atomic mass is 16.2. The third-order valence-electron chi connectivity index (χ3n) is 5.40. The zero-order chi connectivity index (χ0) is 17.6. The molecule has 1 aromatic rings. The van der Waals surface area contributed by atoms with Crippen molar-refractivity contribution >= 4 is 11.7 Å². The number of piperazine rings is 1. The number of nitriles is 1. The van der Waals surface area contributed by atoms with Crippen LogP contribution in [0, 0.1) is 17.2 Å². The molecule has 1 aliphatic carbocycles. The van der Waals surface area contributed by atoms with Crippen molar-refractivity contribution in [2.75, 3.05) is 37.6 Å². The van der Waals surface area contributed by atoms with Gasteiger partial charge in [0.15, 0.2) is 0 Å². The van der Waals surface area contributed by atoms with E-state index in [-0.39, 0.29) is 5.91 Å². The van der Waals surface area contributed by atoms with E-state index in [4.69, 9.17) is 0 Å². The quantitative estimate of drug-likeness (QED) is 0.904. The minimum absolute atomic E-state index is 0.141. The van der Waals surface area contributed by atoms with Crippen LogP contribution in [0.25, 0.3) is 0 Å². The molecule has 3 rings (SSSR count). The second-order valence-corrected chi connectivity index (χ2v) is 7.19. The van der Waals surface area contributed by atoms with Crippen molar-refractivity contribution in [2.24, 2.45) is 5.92 Å². The average molecular weight is 341 g/mol. The smallest absolute Gasteiger partial charge is 0.234 e. The number of nitrogens with one attached hydrogen (secondary N) is 1. The van der Waals surface area contributed by atoms with Crippen molar-refractivity contribution in [1.29, 1.82) is 5.26 Å². The number of hydrogen-bond acceptors (Lipinski definition) is 5. The number of hydrogen-bond donors (Lipinski definition) is 1. The summed E-state index contributed by atoms with van der Waals surface area (Å²) < 4.78 is 0. The Morgan fingerprint density at radius 1 is 1.32 bits per heavy atom. The predicted octanol–water partition coefficient (Wildman–Crippen LogP) is 1.77. The summed E-state index contributed by atoms with van der Waals surface area (Å²) in [5, 5.41) is 12.4. The summed E-state index contributed by atoms with van der Waals surface area (Å²) in [4.78, 5) is 21.0. The summed E-state index contributed by atoms with van der Waals surface area (Å²) in [5.41, 5.74) is 0.611. The molecule has 2 fully saturated rings. The molecule has 0 aromatic carbocycles. The van der Waals surface area contributed by atoms with Gasteiger partial charge in [-0.25, -0.2) is 4.98 Å². The molecule has 1 aliphatic heterocycles. The number of carbonyl (C=O) groups is 1. The van der Waals surface area contributed by atoms with E-state index >= 15 is 0 Å². The van der Waals surface area contributed by atoms with E-state index in [1.54, 1.807) is 18.3 Å². The molecular weight excluding hydrogens is 314 g/mol. The summed E-state index contributed by atoms with van der Waals surface area (Å²) >= 11 is 0. The van der Waals surface area contributed by atoms with Crippen molar-refractivity contribution in [2.45, 2.75) is 38.6 Å². The highest BCUT2D eigenvalue weighted by Gasteiger charge is 2.25. The Kier molecular flexibility index (Phi) is 5.87. The van der Waals surface area contributed by atoms with Crippen molar-refractivity contribution in [3.8, 4) is 6.07 Å². The fourth-order valence-electron chi connectivity index (χ4n) is 3.84. The van der Waals surface area contributed by atoms with E-state index in [0.717, 1.165) is 38.4 Å². The highest BCUT2D eigenvalue weighted by molar-refractivity contribution is 5.78. The molecule has 1 saturated carbocycles. The predicted molar refractivity (Wildman–Crippen MR) is 97.2 cm³/mol. The fraction of sp³-hybridized carbons (Fsp3) is 0.632. The lowest BCUT2D eigenvalue weighted by Gasteiger charge is -2.36. The average Bonchev–Trinajstić information content (AvgIpc) is 2.64. The van der Waals surface area contributed by atoms with Crippen LogP contribution in [0.3, 0.4) is 0 Å². The van der Waals surface area contributed by atoms with E-state index in [9.17, 15) is 10.1 Å². The highest BCUT2D eigenvalue weighted by Crippen LogP contribution is 2.23. The van der Waals surface area contributed by atoms with Gasteiger partial charge < -0.3 is 10.2 Å². The molecule has 2 aliphatic rings. The van der Waals surface area contributed by atoms with Gasteiger partial charge in [-0.05, 0) is 30.9 Å². The lowest BCUT2D eigenvalue weighted by molar-refractivity contribution is -0.123. The van der Waals surface area contributed by atoms with E-state index in [1.807, 2.05) is 0 Å². The van der Waals surface area contributed by atoms with Gasteiger partial charge in [-0.3, -0.25) is 9.69 Å². The number of aromatic nitrogens is 1. The van der Waals surface area contributed by atoms with E-state index in [1.165, 1.54) is 19.3 Å². The van der Waals surface area contributed by atoms with Gasteiger partial charge in [-0.1, -0.05) is 19.8 Å². The van der Waals surface area contributed by atoms with Crippen LogP contribution in [-0.4, -0.2) is 54.6 Å². The monoisotopic (exact) mass is 341 g/mol. The maximum atomic E-state index is 12.4. The molecule has 134 valence electrons. The molecule has 6 heteroatoms. The van der Waals surface area contributed by atoms with Gasteiger partial charge in [-0.2, -0.15) is 5.26 Å². The van der Waals surface area contributed by atoms with Crippen LogP contribution in [-0.2, 0) is 4.79 Å². The first kappa shape index (κ1) is 17.7. The van der Waals surface area contributed by atoms with Crippen LogP contribution in [0.4, 0.5) is 5.82 Å². The van der Waals surface area contributed by atoms with E-state index in [2.05, 4.69) is 33.1 Å². The van der Waals surface area contributed by atoms with Gasteiger partial charge in [0.1, 0.15) is 11.9 Å². The Morgan fingerprint density at radius 3 is 2.80 bits per heavy atom. The molecule has 6 nitrogen and oxygen atoms in total. The molecule has 2 heterocycles. The lowest BCUT2D eigenvalue weighted by atomic mass is 9.86. The van der Waals surface area contributed by atoms with Gasteiger partial charge in [0.05, 0.1) is 12.1 Å². The molecule has 25 heavy (non-hydrogen) atoms. The second-order valence-electron chi connectivity index (χ2n) is 7.19. The number of nitrogens with zero attached hydrogens (tertiary/aromatic N) is 4. The van der Waals surface area contributed by atoms with Gasteiger partial charge in [0, 0.05) is 38.4 Å². The molecule has 2 atom stereocenters. The topological polar surface area (TPSA) is 72.3 Å². The third kappa shape index (κ3) is 4.49. The summed E-state index contributed by atoms with van der Waals surface area (Å²) in [7, 11) is 0. The van der Waals surface area contributed by atoms with Crippen LogP contribution in [0.2, 0.25) is 0 Å². The van der Waals surface area contributed by atoms with Crippen LogP contribution >= 0.6 is 0 Å². The largest absolute Gasteiger partial charge is 0.353 e. The minimum atomic E-state index is 0.141. The SMILES string of the molecule is CC1CCCCC1NC(=O)CN1CCN(c2ncccc2C#N)CC1. The van der Waals surface area contributed by atoms with Crippen LogP contribution < -0.4 is 10.2 Å². The molecule has 0 spiro atoms. The Hall–Kier alpha value is -2.13. The van der Waals surface area contributed by atoms with Crippen LogP contribution in [0.1, 0.15) is 38.2 Å². The normalized spacial score (nSPS) is 24.6. The molecule has 0 bridgehead atoms. The van der Waals surface area contributed by atoms with Crippen LogP contribution in [0.5, 0.6) is 0 Å². The molecule has 1 N–H and O–H groups in total. The van der Waals surface area contributed by atoms with Gasteiger partial charge in [-0.15, -0.1) is 0 Å². The van der Waals surface area contributed by atoms with E-state index in [0.29, 0.717) is 24.1 Å². The first-order valence-electron chi connectivity index (χ1n) is 9.29. The Morgan fingerprint density at radius 2 is 2.08 bits per heavy atom. The molecule has 0 radical (unpaired) electrons. The van der Waals surface area contributed by atoms with Crippen LogP contribution in [0.15, 0.2) is 18.3 Å². The maximum absolute atomic E-state index is 12.4. The summed E-state index contributed by atoms with van der Waals surface area (Å²) in [6.07, 6.45) is 6.56. The van der Waals surface area contributed by atoms with Crippen molar-refractivity contribution in [1.82, 2.24) is 15.2 Å². The molecule has 1 aromatic heterocycles. The number of anilines is 1. The van der Waals surface area contributed by atoms with Crippen molar-refractivity contribution in [3.05, 3.63) is 23.9 Å². The van der Waals surface area contributed by atoms with Gasteiger partial charge in [0.25, 0.3) is 0 Å². The Balaban J connectivity index is 1.47. The summed E-state index contributed by atoms with van der Waals surface area (Å²) in [5.74, 6) is 1.48. The minimum Gasteiger partial charge on any atom is -0.353 e. The van der Waals surface area contributed by atoms with Crippen molar-refractivity contribution in [3.63, 3.8) is 0 Å². The zero-order valence-electron chi connectivity index (χ0n) is 14.9. The summed E-state index contributed by atoms with van der Waals surface area (Å²) in [6.45, 7) is 5.91. The second kappa shape index (κ2) is 8.30. The lowest BCUT2D eigenvalue weighted by Crippen LogP contribution is -2.51. The molecule has 1 amide bonds. The number of pyridine rings is 1. The number of amides is 1. The van der Waals surface area contributed by atoms with Gasteiger partial charge >= 0.3 is 0 Å². The number of rotatable bonds is 4. The van der Waals surface area contributed by atoms with E-state index < -0.39 is 0 Å². The Bertz CT molecular complexity index is 633. The number of carbonyl (C=O) groups excluding carboxylic acids is 1. The zero-order valence-corrected chi connectivity index (χ0v) is 14.9. The Labute approximate surface area is 149 Å². The summed E-state index contributed by atoms with van der Waals surface area (Å²) in [6, 6.07) is 6.13. The molecular formula is C19H27N5O. The fourth-order valence-corrected chi connectivity index (χ4v) is 3.84.